The van der Waals surface area contributed by atoms with E-state index in [1.807, 2.05) is 72.8 Å². The average molecular weight is 641 g/mol. The minimum Gasteiger partial charge on any atom is -0.497 e. The fourth-order valence-corrected chi connectivity index (χ4v) is 7.15. The zero-order chi connectivity index (χ0) is 32.5. The van der Waals surface area contributed by atoms with Crippen LogP contribution in [-0.4, -0.2) is 29.3 Å². The van der Waals surface area contributed by atoms with Crippen LogP contribution in [0.2, 0.25) is 0 Å². The van der Waals surface area contributed by atoms with Gasteiger partial charge in [-0.3, -0.25) is 14.2 Å². The summed E-state index contributed by atoms with van der Waals surface area (Å²) < 4.78 is 15.6. The second kappa shape index (κ2) is 12.6. The van der Waals surface area contributed by atoms with Crippen LogP contribution in [0.15, 0.2) is 130 Å². The van der Waals surface area contributed by atoms with E-state index in [0.29, 0.717) is 49.9 Å². The van der Waals surface area contributed by atoms with Crippen LogP contribution in [0.5, 0.6) is 11.5 Å². The number of carbonyl (C=O) groups excluding carboxylic acids is 1. The summed E-state index contributed by atoms with van der Waals surface area (Å²) in [5.41, 5.74) is 5.11. The van der Waals surface area contributed by atoms with Crippen LogP contribution in [0, 0.1) is 0 Å². The highest BCUT2D eigenvalue weighted by Crippen LogP contribution is 2.37. The Morgan fingerprint density at radius 3 is 2.40 bits per heavy atom. The van der Waals surface area contributed by atoms with Gasteiger partial charge >= 0.3 is 0 Å². The molecular weight excluding hydrogens is 609 g/mol. The number of benzene rings is 4. The van der Waals surface area contributed by atoms with Crippen molar-refractivity contribution in [2.45, 2.75) is 19.5 Å². The number of fused-ring (bicyclic) bond motifs is 2. The second-order valence-electron chi connectivity index (χ2n) is 11.2. The van der Waals surface area contributed by atoms with Gasteiger partial charge in [-0.25, -0.2) is 4.99 Å². The Hall–Kier alpha value is -5.67. The van der Waals surface area contributed by atoms with Gasteiger partial charge in [0.15, 0.2) is 4.80 Å². The summed E-state index contributed by atoms with van der Waals surface area (Å²) in [7, 11) is 3.14. The van der Waals surface area contributed by atoms with Crippen LogP contribution in [0.25, 0.3) is 17.0 Å². The fourth-order valence-electron chi connectivity index (χ4n) is 6.11. The number of para-hydroxylation sites is 2. The summed E-state index contributed by atoms with van der Waals surface area (Å²) in [6.45, 7) is 2.50. The fraction of sp³-hybridized carbons (Fsp3) is 0.132. The van der Waals surface area contributed by atoms with E-state index in [1.54, 1.807) is 37.8 Å². The average Bonchev–Trinajstić information content (AvgIpc) is 3.60. The molecule has 0 saturated heterocycles. The number of methoxy groups -OCH3 is 2. The number of amides is 1. The van der Waals surface area contributed by atoms with Crippen LogP contribution in [0.4, 0.5) is 5.69 Å². The Labute approximate surface area is 275 Å². The number of aromatic nitrogens is 2. The summed E-state index contributed by atoms with van der Waals surface area (Å²) >= 11 is 1.31. The zero-order valence-corrected chi connectivity index (χ0v) is 27.0. The topological polar surface area (TPSA) is 86.9 Å². The Morgan fingerprint density at radius 2 is 1.66 bits per heavy atom. The van der Waals surface area contributed by atoms with Crippen molar-refractivity contribution < 1.29 is 14.3 Å². The molecule has 234 valence electrons. The molecule has 0 fully saturated rings. The summed E-state index contributed by atoms with van der Waals surface area (Å²) in [4.78, 5) is 33.7. The van der Waals surface area contributed by atoms with Crippen molar-refractivity contribution in [3.63, 3.8) is 0 Å². The molecule has 2 aromatic heterocycles. The maximum atomic E-state index is 14.4. The highest BCUT2D eigenvalue weighted by Gasteiger charge is 2.34. The molecule has 1 amide bonds. The number of hydrogen-bond donors (Lipinski definition) is 1. The Kier molecular flexibility index (Phi) is 8.05. The zero-order valence-electron chi connectivity index (χ0n) is 26.1. The SMILES string of the molecule is COc1ccc([C@@H]2C(C(=O)Nc3ccccc3)=C(C)N=c3s/c(=C\c4cn(Cc5ccccc5)c5ccccc45)c(=O)n32)c(OC)c1. The highest BCUT2D eigenvalue weighted by atomic mass is 32.1. The largest absolute Gasteiger partial charge is 0.497 e. The molecular formula is C38H32N4O4S. The van der Waals surface area contributed by atoms with Gasteiger partial charge in [-0.1, -0.05) is 78.1 Å². The molecule has 6 aromatic rings. The van der Waals surface area contributed by atoms with Crippen LogP contribution >= 0.6 is 11.3 Å². The number of thiazole rings is 1. The molecule has 1 N–H and O–H groups in total. The number of rotatable bonds is 8. The van der Waals surface area contributed by atoms with Gasteiger partial charge in [-0.2, -0.15) is 0 Å². The molecule has 1 aliphatic heterocycles. The molecule has 7 rings (SSSR count). The van der Waals surface area contributed by atoms with Crippen molar-refractivity contribution in [3.8, 4) is 11.5 Å². The van der Waals surface area contributed by atoms with E-state index in [1.165, 1.54) is 16.9 Å². The molecule has 0 saturated carbocycles. The van der Waals surface area contributed by atoms with E-state index in [-0.39, 0.29) is 11.5 Å². The third-order valence-corrected chi connectivity index (χ3v) is 9.32. The van der Waals surface area contributed by atoms with Gasteiger partial charge in [-0.05, 0) is 48.9 Å². The molecule has 47 heavy (non-hydrogen) atoms. The predicted molar refractivity (Wildman–Crippen MR) is 186 cm³/mol. The smallest absolute Gasteiger partial charge is 0.271 e. The number of nitrogens with one attached hydrogen (secondary N) is 1. The second-order valence-corrected chi connectivity index (χ2v) is 12.2. The Morgan fingerprint density at radius 1 is 0.936 bits per heavy atom. The molecule has 0 unspecified atom stereocenters. The van der Waals surface area contributed by atoms with Crippen LogP contribution in [0.1, 0.15) is 29.7 Å². The van der Waals surface area contributed by atoms with Gasteiger partial charge in [0.25, 0.3) is 11.5 Å². The molecule has 0 spiro atoms. The van der Waals surface area contributed by atoms with Crippen molar-refractivity contribution in [1.29, 1.82) is 0 Å². The number of carbonyl (C=O) groups is 1. The predicted octanol–water partition coefficient (Wildman–Crippen LogP) is 5.89. The van der Waals surface area contributed by atoms with Crippen LogP contribution in [0.3, 0.4) is 0 Å². The molecule has 0 aliphatic carbocycles. The molecule has 1 aliphatic rings. The van der Waals surface area contributed by atoms with Gasteiger partial charge in [0, 0.05) is 46.5 Å². The lowest BCUT2D eigenvalue weighted by Crippen LogP contribution is -2.40. The first kappa shape index (κ1) is 30.0. The van der Waals surface area contributed by atoms with Gasteiger partial charge in [-0.15, -0.1) is 0 Å². The summed E-state index contributed by atoms with van der Waals surface area (Å²) in [5.74, 6) is 0.743. The number of nitrogens with zero attached hydrogens (tertiary/aromatic N) is 3. The monoisotopic (exact) mass is 640 g/mol. The molecule has 9 heteroatoms. The molecule has 1 atom stereocenters. The summed E-state index contributed by atoms with van der Waals surface area (Å²) in [6, 6.07) is 32.3. The lowest BCUT2D eigenvalue weighted by atomic mass is 9.94. The van der Waals surface area contributed by atoms with Crippen molar-refractivity contribution in [1.82, 2.24) is 9.13 Å². The molecule has 4 aromatic carbocycles. The first-order chi connectivity index (χ1) is 22.9. The third kappa shape index (κ3) is 5.66. The quantitative estimate of drug-likeness (QED) is 0.225. The van der Waals surface area contributed by atoms with E-state index in [4.69, 9.17) is 14.5 Å². The van der Waals surface area contributed by atoms with E-state index >= 15 is 0 Å². The first-order valence-electron chi connectivity index (χ1n) is 15.2. The lowest BCUT2D eigenvalue weighted by Gasteiger charge is -2.26. The number of allylic oxidation sites excluding steroid dienone is 1. The Bertz CT molecular complexity index is 2340. The molecule has 0 bridgehead atoms. The van der Waals surface area contributed by atoms with E-state index in [0.717, 1.165) is 16.5 Å². The molecule has 0 radical (unpaired) electrons. The number of anilines is 1. The minimum absolute atomic E-state index is 0.242. The lowest BCUT2D eigenvalue weighted by molar-refractivity contribution is -0.113. The van der Waals surface area contributed by atoms with Gasteiger partial charge in [0.2, 0.25) is 0 Å². The molecule has 8 nitrogen and oxygen atoms in total. The normalized spacial score (nSPS) is 14.5. The summed E-state index contributed by atoms with van der Waals surface area (Å²) in [6.07, 6.45) is 4.02. The van der Waals surface area contributed by atoms with E-state index in [2.05, 4.69) is 40.3 Å². The maximum absolute atomic E-state index is 14.4. The Balaban J connectivity index is 1.39. The standard InChI is InChI=1S/C38H32N4O4S/c1-24-34(36(43)40-27-14-8-5-9-15-27)35(30-19-18-28(45-2)21-32(30)46-3)42-37(44)33(47-38(42)39-24)20-26-23-41(22-25-12-6-4-7-13-25)31-17-11-10-16-29(26)31/h4-21,23,35H,22H2,1-3H3,(H,40,43)/b33-20-/t35-/m1/s1. The first-order valence-corrected chi connectivity index (χ1v) is 16.0. The van der Waals surface area contributed by atoms with E-state index in [9.17, 15) is 9.59 Å². The minimum atomic E-state index is -0.794. The van der Waals surface area contributed by atoms with Crippen LogP contribution < -0.4 is 29.7 Å². The van der Waals surface area contributed by atoms with E-state index < -0.39 is 6.04 Å². The van der Waals surface area contributed by atoms with Crippen molar-refractivity contribution in [3.05, 3.63) is 157 Å². The van der Waals surface area contributed by atoms with Crippen molar-refractivity contribution in [2.24, 2.45) is 4.99 Å². The number of ether oxygens (including phenoxy) is 2. The maximum Gasteiger partial charge on any atom is 0.271 e. The molecule has 3 heterocycles. The van der Waals surface area contributed by atoms with Gasteiger partial charge < -0.3 is 19.4 Å². The van der Waals surface area contributed by atoms with Crippen molar-refractivity contribution in [2.75, 3.05) is 19.5 Å². The third-order valence-electron chi connectivity index (χ3n) is 8.33. The highest BCUT2D eigenvalue weighted by molar-refractivity contribution is 7.07. The van der Waals surface area contributed by atoms with Gasteiger partial charge in [0.05, 0.1) is 30.0 Å². The summed E-state index contributed by atoms with van der Waals surface area (Å²) in [5, 5.41) is 4.04. The number of hydrogen-bond acceptors (Lipinski definition) is 6. The van der Waals surface area contributed by atoms with Crippen LogP contribution in [-0.2, 0) is 11.3 Å². The van der Waals surface area contributed by atoms with Crippen molar-refractivity contribution >= 4 is 39.9 Å². The van der Waals surface area contributed by atoms with Gasteiger partial charge in [0.1, 0.15) is 17.5 Å².